The summed E-state index contributed by atoms with van der Waals surface area (Å²) < 4.78 is 15.6. The molecule has 1 fully saturated rings. The fourth-order valence-corrected chi connectivity index (χ4v) is 3.12. The summed E-state index contributed by atoms with van der Waals surface area (Å²) in [5.41, 5.74) is -0.127. The first-order chi connectivity index (χ1) is 15.3. The molecule has 10 nitrogen and oxygen atoms in total. The maximum absolute atomic E-state index is 12.8. The Balaban J connectivity index is 1.82. The fraction of sp³-hybridized carbons (Fsp3) is 0.333. The number of carbonyl (C=O) groups is 2. The summed E-state index contributed by atoms with van der Waals surface area (Å²) in [6, 6.07) is 6.92. The van der Waals surface area contributed by atoms with E-state index in [4.69, 9.17) is 25.8 Å². The van der Waals surface area contributed by atoms with Gasteiger partial charge in [0, 0.05) is 24.9 Å². The first-order valence-corrected chi connectivity index (χ1v) is 10.1. The van der Waals surface area contributed by atoms with Gasteiger partial charge in [-0.05, 0) is 31.0 Å². The van der Waals surface area contributed by atoms with Crippen molar-refractivity contribution in [3.8, 4) is 11.5 Å². The van der Waals surface area contributed by atoms with Crippen molar-refractivity contribution >= 4 is 34.8 Å². The molecule has 32 heavy (non-hydrogen) atoms. The zero-order valence-corrected chi connectivity index (χ0v) is 18.2. The molecular formula is C21H22ClN3O7. The molecule has 170 valence electrons. The topological polar surface area (TPSA) is 129 Å². The lowest BCUT2D eigenvalue weighted by Gasteiger charge is -2.13. The van der Waals surface area contributed by atoms with Gasteiger partial charge in [0.15, 0.2) is 11.5 Å². The lowest BCUT2D eigenvalue weighted by Crippen LogP contribution is -2.25. The van der Waals surface area contributed by atoms with Gasteiger partial charge in [0.25, 0.3) is 17.5 Å². The quantitative estimate of drug-likeness (QED) is 0.313. The summed E-state index contributed by atoms with van der Waals surface area (Å²) in [4.78, 5) is 35.9. The highest BCUT2D eigenvalue weighted by atomic mass is 35.5. The second-order valence-electron chi connectivity index (χ2n) is 7.02. The first-order valence-electron chi connectivity index (χ1n) is 9.74. The number of nitro groups is 1. The van der Waals surface area contributed by atoms with E-state index >= 15 is 0 Å². The van der Waals surface area contributed by atoms with Crippen LogP contribution in [-0.2, 0) is 4.74 Å². The van der Waals surface area contributed by atoms with E-state index in [1.807, 2.05) is 0 Å². The van der Waals surface area contributed by atoms with E-state index in [1.54, 1.807) is 0 Å². The van der Waals surface area contributed by atoms with Gasteiger partial charge < -0.3 is 24.8 Å². The smallest absolute Gasteiger partial charge is 0.286 e. The average molecular weight is 464 g/mol. The number of methoxy groups -OCH3 is 2. The Kier molecular flexibility index (Phi) is 7.49. The Hall–Kier alpha value is -3.37. The van der Waals surface area contributed by atoms with Gasteiger partial charge in [-0.1, -0.05) is 11.6 Å². The third-order valence-corrected chi connectivity index (χ3v) is 4.97. The van der Waals surface area contributed by atoms with Crippen LogP contribution in [0.4, 0.5) is 11.4 Å². The Bertz CT molecular complexity index is 1040. The molecule has 1 aliphatic rings. The van der Waals surface area contributed by atoms with E-state index in [0.29, 0.717) is 0 Å². The van der Waals surface area contributed by atoms with Gasteiger partial charge in [0.05, 0.1) is 35.3 Å². The highest BCUT2D eigenvalue weighted by Crippen LogP contribution is 2.35. The van der Waals surface area contributed by atoms with E-state index < -0.39 is 16.5 Å². The van der Waals surface area contributed by atoms with Crippen LogP contribution < -0.4 is 20.1 Å². The summed E-state index contributed by atoms with van der Waals surface area (Å²) in [5, 5.41) is 17.1. The van der Waals surface area contributed by atoms with E-state index in [1.165, 1.54) is 38.5 Å². The second kappa shape index (κ2) is 10.3. The summed E-state index contributed by atoms with van der Waals surface area (Å²) in [7, 11) is 2.85. The number of benzene rings is 2. The Morgan fingerprint density at radius 2 is 1.84 bits per heavy atom. The third kappa shape index (κ3) is 5.65. The minimum absolute atomic E-state index is 0.113. The summed E-state index contributed by atoms with van der Waals surface area (Å²) in [5.74, 6) is -0.770. The van der Waals surface area contributed by atoms with Crippen molar-refractivity contribution in [3.05, 3.63) is 56.6 Å². The molecule has 0 aliphatic heterocycles. The number of amides is 2. The van der Waals surface area contributed by atoms with Gasteiger partial charge in [0.2, 0.25) is 0 Å². The number of anilines is 1. The van der Waals surface area contributed by atoms with Crippen LogP contribution in [0.3, 0.4) is 0 Å². The standard InChI is InChI=1S/C21H22ClN3O7/c1-30-7-8-32-19-11-17(25(28)29)15(10-18(19)31-2)21(27)24-13-5-6-14(16(22)9-13)20(26)23-12-3-4-12/h5-6,9-12H,3-4,7-8H2,1-2H3,(H,23,26)(H,24,27). The molecule has 1 saturated carbocycles. The second-order valence-corrected chi connectivity index (χ2v) is 7.42. The molecule has 2 N–H and O–H groups in total. The number of hydrogen-bond donors (Lipinski definition) is 2. The lowest BCUT2D eigenvalue weighted by atomic mass is 10.1. The molecule has 2 aromatic rings. The number of nitrogens with zero attached hydrogens (tertiary/aromatic N) is 1. The Morgan fingerprint density at radius 1 is 1.09 bits per heavy atom. The number of carbonyl (C=O) groups excluding carboxylic acids is 2. The molecule has 2 amide bonds. The minimum Gasteiger partial charge on any atom is -0.493 e. The largest absolute Gasteiger partial charge is 0.493 e. The van der Waals surface area contributed by atoms with Crippen LogP contribution in [0.15, 0.2) is 30.3 Å². The van der Waals surface area contributed by atoms with Crippen molar-refractivity contribution in [2.24, 2.45) is 0 Å². The number of ether oxygens (including phenoxy) is 3. The van der Waals surface area contributed by atoms with Crippen molar-refractivity contribution in [2.75, 3.05) is 32.8 Å². The van der Waals surface area contributed by atoms with Crippen molar-refractivity contribution in [3.63, 3.8) is 0 Å². The van der Waals surface area contributed by atoms with Gasteiger partial charge in [-0.25, -0.2) is 0 Å². The summed E-state index contributed by atoms with van der Waals surface area (Å²) in [6.45, 7) is 0.420. The molecule has 1 aliphatic carbocycles. The van der Waals surface area contributed by atoms with Crippen molar-refractivity contribution in [2.45, 2.75) is 18.9 Å². The summed E-state index contributed by atoms with van der Waals surface area (Å²) in [6.07, 6.45) is 1.88. The van der Waals surface area contributed by atoms with Crippen LogP contribution in [0.1, 0.15) is 33.6 Å². The van der Waals surface area contributed by atoms with Crippen LogP contribution in [0.25, 0.3) is 0 Å². The molecule has 0 unspecified atom stereocenters. The van der Waals surface area contributed by atoms with Gasteiger partial charge in [-0.2, -0.15) is 0 Å². The predicted molar refractivity (Wildman–Crippen MR) is 117 cm³/mol. The lowest BCUT2D eigenvalue weighted by molar-refractivity contribution is -0.385. The average Bonchev–Trinajstić information content (AvgIpc) is 3.57. The van der Waals surface area contributed by atoms with Crippen molar-refractivity contribution in [1.82, 2.24) is 5.32 Å². The number of rotatable bonds is 10. The van der Waals surface area contributed by atoms with Gasteiger partial charge in [-0.15, -0.1) is 0 Å². The fourth-order valence-electron chi connectivity index (χ4n) is 2.86. The van der Waals surface area contributed by atoms with E-state index in [0.717, 1.165) is 18.9 Å². The van der Waals surface area contributed by atoms with Crippen LogP contribution in [0.5, 0.6) is 11.5 Å². The predicted octanol–water partition coefficient (Wildman–Crippen LogP) is 3.43. The molecule has 0 radical (unpaired) electrons. The minimum atomic E-state index is -0.746. The number of halogens is 1. The third-order valence-electron chi connectivity index (χ3n) is 4.65. The van der Waals surface area contributed by atoms with Gasteiger partial charge in [-0.3, -0.25) is 19.7 Å². The molecule has 0 saturated heterocycles. The molecule has 0 atom stereocenters. The zero-order valence-electron chi connectivity index (χ0n) is 17.5. The number of nitro benzene ring substituents is 1. The van der Waals surface area contributed by atoms with Crippen molar-refractivity contribution in [1.29, 1.82) is 0 Å². The SMILES string of the molecule is COCCOc1cc([N+](=O)[O-])c(C(=O)Nc2ccc(C(=O)NC3CC3)c(Cl)c2)cc1OC. The molecular weight excluding hydrogens is 442 g/mol. The molecule has 2 aromatic carbocycles. The Morgan fingerprint density at radius 3 is 2.44 bits per heavy atom. The Labute approximate surface area is 188 Å². The summed E-state index contributed by atoms with van der Waals surface area (Å²) >= 11 is 6.20. The molecule has 0 bridgehead atoms. The molecule has 0 aromatic heterocycles. The van der Waals surface area contributed by atoms with Gasteiger partial charge in [0.1, 0.15) is 12.2 Å². The molecule has 0 heterocycles. The van der Waals surface area contributed by atoms with Gasteiger partial charge >= 0.3 is 0 Å². The number of hydrogen-bond acceptors (Lipinski definition) is 7. The monoisotopic (exact) mass is 463 g/mol. The van der Waals surface area contributed by atoms with Crippen LogP contribution in [-0.4, -0.2) is 50.2 Å². The van der Waals surface area contributed by atoms with Crippen molar-refractivity contribution < 1.29 is 28.7 Å². The maximum Gasteiger partial charge on any atom is 0.286 e. The first kappa shape index (κ1) is 23.3. The zero-order chi connectivity index (χ0) is 23.3. The highest BCUT2D eigenvalue weighted by molar-refractivity contribution is 6.34. The molecule has 0 spiro atoms. The molecule has 3 rings (SSSR count). The normalized spacial score (nSPS) is 12.7. The van der Waals surface area contributed by atoms with Crippen LogP contribution in [0, 0.1) is 10.1 Å². The van der Waals surface area contributed by atoms with Crippen LogP contribution in [0.2, 0.25) is 5.02 Å². The highest BCUT2D eigenvalue weighted by Gasteiger charge is 2.26. The van der Waals surface area contributed by atoms with Crippen LogP contribution >= 0.6 is 11.6 Å². The maximum atomic E-state index is 12.8. The van der Waals surface area contributed by atoms with E-state index in [9.17, 15) is 19.7 Å². The molecule has 11 heteroatoms. The van der Waals surface area contributed by atoms with E-state index in [-0.39, 0.29) is 58.5 Å². The number of nitrogens with one attached hydrogen (secondary N) is 2. The van der Waals surface area contributed by atoms with E-state index in [2.05, 4.69) is 10.6 Å².